The number of amides is 2. The van der Waals surface area contributed by atoms with Crippen LogP contribution in [0.25, 0.3) is 0 Å². The lowest BCUT2D eigenvalue weighted by Gasteiger charge is -2.12. The van der Waals surface area contributed by atoms with Crippen molar-refractivity contribution in [3.05, 3.63) is 69.0 Å². The Balaban J connectivity index is 1.88. The van der Waals surface area contributed by atoms with E-state index in [2.05, 4.69) is 0 Å². The van der Waals surface area contributed by atoms with Crippen molar-refractivity contribution in [2.75, 3.05) is 6.54 Å². The number of hydrogen-bond acceptors (Lipinski definition) is 3. The lowest BCUT2D eigenvalue weighted by atomic mass is 10.1. The van der Waals surface area contributed by atoms with Crippen molar-refractivity contribution >= 4 is 40.8 Å². The molecule has 0 aliphatic carbocycles. The highest BCUT2D eigenvalue weighted by Crippen LogP contribution is 2.31. The van der Waals surface area contributed by atoms with Crippen molar-refractivity contribution < 1.29 is 18.8 Å². The van der Waals surface area contributed by atoms with Gasteiger partial charge in [0.05, 0.1) is 27.7 Å². The summed E-state index contributed by atoms with van der Waals surface area (Å²) in [6, 6.07) is 7.47. The maximum atomic E-state index is 12.9. The predicted molar refractivity (Wildman–Crippen MR) is 82.6 cm³/mol. The Bertz CT molecular complexity index is 808. The van der Waals surface area contributed by atoms with Gasteiger partial charge in [0.25, 0.3) is 11.8 Å². The van der Waals surface area contributed by atoms with E-state index in [9.17, 15) is 18.8 Å². The highest BCUT2D eigenvalue weighted by atomic mass is 35.5. The number of hydrogen-bond donors (Lipinski definition) is 0. The number of fused-ring (bicyclic) bond motifs is 1. The quantitative estimate of drug-likeness (QED) is 0.626. The number of nitrogens with zero attached hydrogens (tertiary/aromatic N) is 1. The maximum absolute atomic E-state index is 12.9. The number of carbonyl (C=O) groups excluding carboxylic acids is 3. The Morgan fingerprint density at radius 2 is 1.43 bits per heavy atom. The van der Waals surface area contributed by atoms with Crippen molar-refractivity contribution in [1.29, 1.82) is 0 Å². The van der Waals surface area contributed by atoms with Gasteiger partial charge < -0.3 is 0 Å². The summed E-state index contributed by atoms with van der Waals surface area (Å²) < 4.78 is 12.9. The fourth-order valence-corrected chi connectivity index (χ4v) is 2.63. The summed E-state index contributed by atoms with van der Waals surface area (Å²) in [6.07, 6.45) is 0. The summed E-state index contributed by atoms with van der Waals surface area (Å²) in [4.78, 5) is 37.6. The Hall–Kier alpha value is -2.24. The molecule has 1 aliphatic heterocycles. The molecule has 2 amide bonds. The SMILES string of the molecule is O=C(CN1C(=O)c2cc(Cl)c(Cl)cc2C1=O)c1ccc(F)cc1. The molecular formula is C16H8Cl2FNO3. The fourth-order valence-electron chi connectivity index (χ4n) is 2.30. The molecule has 1 heterocycles. The third-order valence-electron chi connectivity index (χ3n) is 3.48. The van der Waals surface area contributed by atoms with Crippen LogP contribution in [0, 0.1) is 5.82 Å². The Kier molecular flexibility index (Phi) is 3.92. The minimum atomic E-state index is -0.612. The average molecular weight is 352 g/mol. The van der Waals surface area contributed by atoms with Crippen molar-refractivity contribution in [3.63, 3.8) is 0 Å². The summed E-state index contributed by atoms with van der Waals surface area (Å²) >= 11 is 11.7. The van der Waals surface area contributed by atoms with Gasteiger partial charge in [-0.1, -0.05) is 23.2 Å². The van der Waals surface area contributed by atoms with Gasteiger partial charge >= 0.3 is 0 Å². The molecule has 0 spiro atoms. The second kappa shape index (κ2) is 5.76. The minimum Gasteiger partial charge on any atom is -0.292 e. The van der Waals surface area contributed by atoms with E-state index in [1.165, 1.54) is 24.3 Å². The molecule has 116 valence electrons. The molecule has 2 aromatic rings. The van der Waals surface area contributed by atoms with Gasteiger partial charge in [-0.2, -0.15) is 0 Å². The van der Waals surface area contributed by atoms with Gasteiger partial charge in [0, 0.05) is 5.56 Å². The van der Waals surface area contributed by atoms with E-state index in [0.29, 0.717) is 0 Å². The van der Waals surface area contributed by atoms with Gasteiger partial charge in [-0.3, -0.25) is 19.3 Å². The normalized spacial score (nSPS) is 13.4. The molecule has 7 heteroatoms. The van der Waals surface area contributed by atoms with Crippen LogP contribution in [0.4, 0.5) is 4.39 Å². The molecule has 0 radical (unpaired) electrons. The zero-order chi connectivity index (χ0) is 16.7. The lowest BCUT2D eigenvalue weighted by Crippen LogP contribution is -2.34. The van der Waals surface area contributed by atoms with Crippen LogP contribution in [0.3, 0.4) is 0 Å². The number of carbonyl (C=O) groups is 3. The molecule has 0 aromatic heterocycles. The number of ketones is 1. The predicted octanol–water partition coefficient (Wildman–Crippen LogP) is 3.61. The molecule has 0 unspecified atom stereocenters. The second-order valence-corrected chi connectivity index (χ2v) is 5.75. The van der Waals surface area contributed by atoms with E-state index in [4.69, 9.17) is 23.2 Å². The van der Waals surface area contributed by atoms with Crippen LogP contribution in [0.15, 0.2) is 36.4 Å². The standard InChI is InChI=1S/C16H8Cl2FNO3/c17-12-5-10-11(6-13(12)18)16(23)20(15(10)22)7-14(21)8-1-3-9(19)4-2-8/h1-6H,7H2. The Labute approximate surface area is 140 Å². The summed E-state index contributed by atoms with van der Waals surface area (Å²) in [5.74, 6) is -2.18. The Morgan fingerprint density at radius 3 is 1.91 bits per heavy atom. The second-order valence-electron chi connectivity index (χ2n) is 4.94. The summed E-state index contributed by atoms with van der Waals surface area (Å²) in [5, 5.41) is 0.302. The van der Waals surface area contributed by atoms with E-state index < -0.39 is 30.0 Å². The number of halogens is 3. The molecule has 2 aromatic carbocycles. The van der Waals surface area contributed by atoms with Crippen LogP contribution in [-0.2, 0) is 0 Å². The molecule has 0 atom stereocenters. The molecule has 0 bridgehead atoms. The summed E-state index contributed by atoms with van der Waals surface area (Å²) in [7, 11) is 0. The molecule has 0 saturated heterocycles. The topological polar surface area (TPSA) is 54.5 Å². The summed E-state index contributed by atoms with van der Waals surface area (Å²) in [6.45, 7) is -0.437. The first kappa shape index (κ1) is 15.6. The van der Waals surface area contributed by atoms with Gasteiger partial charge in [0.1, 0.15) is 5.82 Å². The van der Waals surface area contributed by atoms with Gasteiger partial charge in [0.2, 0.25) is 0 Å². The van der Waals surface area contributed by atoms with Gasteiger partial charge in [0.15, 0.2) is 5.78 Å². The third kappa shape index (κ3) is 2.73. The zero-order valence-corrected chi connectivity index (χ0v) is 13.0. The molecule has 0 fully saturated rings. The van der Waals surface area contributed by atoms with E-state index in [-0.39, 0.29) is 26.7 Å². The maximum Gasteiger partial charge on any atom is 0.262 e. The molecular weight excluding hydrogens is 344 g/mol. The summed E-state index contributed by atoms with van der Waals surface area (Å²) in [5.41, 5.74) is 0.423. The first-order valence-corrected chi connectivity index (χ1v) is 7.28. The van der Waals surface area contributed by atoms with Crippen LogP contribution in [0.5, 0.6) is 0 Å². The fraction of sp³-hybridized carbons (Fsp3) is 0.0625. The van der Waals surface area contributed by atoms with Crippen molar-refractivity contribution in [2.24, 2.45) is 0 Å². The van der Waals surface area contributed by atoms with Crippen LogP contribution in [0.1, 0.15) is 31.1 Å². The van der Waals surface area contributed by atoms with Gasteiger partial charge in [-0.05, 0) is 36.4 Å². The van der Waals surface area contributed by atoms with Crippen LogP contribution in [0.2, 0.25) is 10.0 Å². The minimum absolute atomic E-state index is 0.108. The van der Waals surface area contributed by atoms with E-state index >= 15 is 0 Å². The van der Waals surface area contributed by atoms with E-state index in [0.717, 1.165) is 17.0 Å². The van der Waals surface area contributed by atoms with Gasteiger partial charge in [-0.15, -0.1) is 0 Å². The van der Waals surface area contributed by atoms with Crippen LogP contribution in [-0.4, -0.2) is 29.0 Å². The molecule has 1 aliphatic rings. The zero-order valence-electron chi connectivity index (χ0n) is 11.5. The van der Waals surface area contributed by atoms with Gasteiger partial charge in [-0.25, -0.2) is 4.39 Å². The highest BCUT2D eigenvalue weighted by molar-refractivity contribution is 6.43. The van der Waals surface area contributed by atoms with Crippen LogP contribution < -0.4 is 0 Å². The van der Waals surface area contributed by atoms with Crippen molar-refractivity contribution in [1.82, 2.24) is 4.90 Å². The average Bonchev–Trinajstić information content (AvgIpc) is 2.73. The number of imide groups is 1. The number of benzene rings is 2. The van der Waals surface area contributed by atoms with Crippen molar-refractivity contribution in [2.45, 2.75) is 0 Å². The first-order valence-electron chi connectivity index (χ1n) is 6.52. The largest absolute Gasteiger partial charge is 0.292 e. The molecule has 23 heavy (non-hydrogen) atoms. The third-order valence-corrected chi connectivity index (χ3v) is 4.20. The molecule has 3 rings (SSSR count). The van der Waals surface area contributed by atoms with E-state index in [1.807, 2.05) is 0 Å². The van der Waals surface area contributed by atoms with E-state index in [1.54, 1.807) is 0 Å². The lowest BCUT2D eigenvalue weighted by molar-refractivity contribution is 0.0624. The number of rotatable bonds is 3. The highest BCUT2D eigenvalue weighted by Gasteiger charge is 2.37. The number of Topliss-reactive ketones (excluding diaryl/α,β-unsaturated/α-hetero) is 1. The monoisotopic (exact) mass is 351 g/mol. The van der Waals surface area contributed by atoms with Crippen LogP contribution >= 0.6 is 23.2 Å². The van der Waals surface area contributed by atoms with Crippen molar-refractivity contribution in [3.8, 4) is 0 Å². The molecule has 0 saturated carbocycles. The molecule has 4 nitrogen and oxygen atoms in total. The Morgan fingerprint density at radius 1 is 0.957 bits per heavy atom. The smallest absolute Gasteiger partial charge is 0.262 e. The first-order chi connectivity index (χ1) is 10.9. The molecule has 0 N–H and O–H groups in total.